The maximum absolute atomic E-state index is 12.9. The number of amides is 2. The lowest BCUT2D eigenvalue weighted by Gasteiger charge is -2.20. The molecule has 9 heteroatoms. The van der Waals surface area contributed by atoms with E-state index in [9.17, 15) is 23.1 Å². The van der Waals surface area contributed by atoms with Crippen molar-refractivity contribution in [3.8, 4) is 16.9 Å². The van der Waals surface area contributed by atoms with Gasteiger partial charge in [0.25, 0.3) is 11.8 Å². The number of carbonyl (C=O) groups excluding carboxylic acids is 2. The Kier molecular flexibility index (Phi) is 4.63. The topological polar surface area (TPSA) is 116 Å². The number of phenols is 1. The summed E-state index contributed by atoms with van der Waals surface area (Å²) in [4.78, 5) is 24.4. The van der Waals surface area contributed by atoms with E-state index in [0.717, 1.165) is 21.0 Å². The molecular formula is C23H19N3O5S. The molecule has 1 unspecified atom stereocenters. The van der Waals surface area contributed by atoms with Crippen molar-refractivity contribution in [2.24, 2.45) is 0 Å². The third-order valence-electron chi connectivity index (χ3n) is 5.67. The highest BCUT2D eigenvalue weighted by molar-refractivity contribution is 7.92. The zero-order valence-electron chi connectivity index (χ0n) is 16.8. The number of anilines is 1. The lowest BCUT2D eigenvalue weighted by atomic mass is 9.91. The Morgan fingerprint density at radius 1 is 0.938 bits per heavy atom. The molecule has 0 spiro atoms. The molecular weight excluding hydrogens is 430 g/mol. The Bertz CT molecular complexity index is 1370. The van der Waals surface area contributed by atoms with Crippen molar-refractivity contribution in [3.05, 3.63) is 83.4 Å². The second kappa shape index (κ2) is 7.38. The molecule has 2 heterocycles. The minimum atomic E-state index is -4.02. The largest absolute Gasteiger partial charge is 0.506 e. The highest BCUT2D eigenvalue weighted by Crippen LogP contribution is 2.37. The van der Waals surface area contributed by atoms with Crippen LogP contribution in [0.3, 0.4) is 0 Å². The molecule has 5 rings (SSSR count). The van der Waals surface area contributed by atoms with Crippen LogP contribution in [0.25, 0.3) is 11.1 Å². The quantitative estimate of drug-likeness (QED) is 0.567. The van der Waals surface area contributed by atoms with Crippen molar-refractivity contribution >= 4 is 27.7 Å². The second-order valence-electron chi connectivity index (χ2n) is 7.72. The molecule has 2 amide bonds. The molecule has 0 aliphatic carbocycles. The summed E-state index contributed by atoms with van der Waals surface area (Å²) in [7, 11) is -4.02. The van der Waals surface area contributed by atoms with Crippen LogP contribution in [0.5, 0.6) is 5.75 Å². The fourth-order valence-electron chi connectivity index (χ4n) is 4.24. The lowest BCUT2D eigenvalue weighted by molar-refractivity contribution is -0.117. The Morgan fingerprint density at radius 2 is 1.62 bits per heavy atom. The molecule has 1 saturated heterocycles. The van der Waals surface area contributed by atoms with Gasteiger partial charge in [-0.1, -0.05) is 48.5 Å². The van der Waals surface area contributed by atoms with Gasteiger partial charge in [-0.15, -0.1) is 0 Å². The number of benzene rings is 3. The molecule has 8 nitrogen and oxygen atoms in total. The molecule has 2 aliphatic rings. The molecule has 162 valence electrons. The highest BCUT2D eigenvalue weighted by atomic mass is 32.2. The molecule has 0 bridgehead atoms. The van der Waals surface area contributed by atoms with Gasteiger partial charge in [-0.25, -0.2) is 9.03 Å². The smallest absolute Gasteiger partial charge is 0.326 e. The van der Waals surface area contributed by atoms with Gasteiger partial charge in [-0.05, 0) is 46.9 Å². The van der Waals surface area contributed by atoms with E-state index < -0.39 is 16.1 Å². The predicted molar refractivity (Wildman–Crippen MR) is 118 cm³/mol. The van der Waals surface area contributed by atoms with E-state index in [2.05, 4.69) is 5.32 Å². The summed E-state index contributed by atoms with van der Waals surface area (Å²) in [5.41, 5.74) is 4.08. The number of fused-ring (bicyclic) bond motifs is 3. The summed E-state index contributed by atoms with van der Waals surface area (Å²) >= 11 is 0. The monoisotopic (exact) mass is 449 g/mol. The number of rotatable bonds is 3. The van der Waals surface area contributed by atoms with Gasteiger partial charge in [0.05, 0.1) is 11.7 Å². The van der Waals surface area contributed by atoms with Crippen molar-refractivity contribution in [2.45, 2.75) is 12.5 Å². The van der Waals surface area contributed by atoms with Crippen LogP contribution < -0.4 is 14.3 Å². The van der Waals surface area contributed by atoms with Gasteiger partial charge < -0.3 is 10.4 Å². The van der Waals surface area contributed by atoms with Crippen LogP contribution in [-0.2, 0) is 21.4 Å². The molecule has 3 aromatic carbocycles. The summed E-state index contributed by atoms with van der Waals surface area (Å²) in [5.74, 6) is -1.11. The van der Waals surface area contributed by atoms with Crippen LogP contribution in [0.1, 0.15) is 27.5 Å². The van der Waals surface area contributed by atoms with Gasteiger partial charge >= 0.3 is 10.2 Å². The van der Waals surface area contributed by atoms with Gasteiger partial charge in [0.1, 0.15) is 12.3 Å². The Hall–Kier alpha value is -3.85. The van der Waals surface area contributed by atoms with Crippen LogP contribution in [-0.4, -0.2) is 31.9 Å². The molecule has 3 aromatic rings. The normalized spacial score (nSPS) is 18.9. The maximum Gasteiger partial charge on any atom is 0.326 e. The number of hydrogen-bond donors (Lipinski definition) is 3. The third kappa shape index (κ3) is 3.36. The standard InChI is InChI=1S/C23H19N3O5S/c27-21-12-14(9-10-20(21)26-13-22(28)25-32(26,30)31)11-19-17-7-3-1-5-15(17)16-6-2-4-8-18(16)23(29)24-19/h1-10,12,19,27H,11,13H2,(H,24,29)(H,25,28). The minimum absolute atomic E-state index is 0.0183. The van der Waals surface area contributed by atoms with Crippen molar-refractivity contribution in [2.75, 3.05) is 10.8 Å². The van der Waals surface area contributed by atoms with Gasteiger partial charge in [0.15, 0.2) is 0 Å². The summed E-state index contributed by atoms with van der Waals surface area (Å²) < 4.78 is 26.9. The SMILES string of the molecule is O=C1CN(c2ccc(CC3NC(=O)c4ccccc4-c4ccccc43)cc2O)S(=O)(=O)N1. The zero-order chi connectivity index (χ0) is 22.5. The van der Waals surface area contributed by atoms with Crippen molar-refractivity contribution < 1.29 is 23.1 Å². The molecule has 1 atom stereocenters. The van der Waals surface area contributed by atoms with Gasteiger partial charge in [0, 0.05) is 5.56 Å². The molecule has 2 aliphatic heterocycles. The first-order valence-electron chi connectivity index (χ1n) is 9.98. The highest BCUT2D eigenvalue weighted by Gasteiger charge is 2.35. The van der Waals surface area contributed by atoms with E-state index in [1.165, 1.54) is 12.1 Å². The lowest BCUT2D eigenvalue weighted by Crippen LogP contribution is -2.30. The molecule has 0 aromatic heterocycles. The zero-order valence-corrected chi connectivity index (χ0v) is 17.6. The Morgan fingerprint density at radius 3 is 2.31 bits per heavy atom. The Labute approximate surface area is 184 Å². The summed E-state index contributed by atoms with van der Waals surface area (Å²) in [6.45, 7) is -0.389. The van der Waals surface area contributed by atoms with E-state index >= 15 is 0 Å². The number of aromatic hydroxyl groups is 1. The Balaban J connectivity index is 1.49. The van der Waals surface area contributed by atoms with E-state index in [0.29, 0.717) is 17.5 Å². The minimum Gasteiger partial charge on any atom is -0.506 e. The molecule has 0 radical (unpaired) electrons. The molecule has 1 fully saturated rings. The summed E-state index contributed by atoms with van der Waals surface area (Å²) in [6, 6.07) is 19.4. The molecule has 0 saturated carbocycles. The second-order valence-corrected chi connectivity index (χ2v) is 9.32. The summed E-state index contributed by atoms with van der Waals surface area (Å²) in [5, 5.41) is 13.6. The fourth-order valence-corrected chi connectivity index (χ4v) is 5.40. The first-order chi connectivity index (χ1) is 15.3. The number of phenolic OH excluding ortho intramolecular Hbond substituents is 1. The molecule has 3 N–H and O–H groups in total. The van der Waals surface area contributed by atoms with Gasteiger partial charge in [-0.2, -0.15) is 8.42 Å². The van der Waals surface area contributed by atoms with E-state index in [1.807, 2.05) is 47.2 Å². The first-order valence-corrected chi connectivity index (χ1v) is 11.4. The average Bonchev–Trinajstić information content (AvgIpc) is 2.98. The van der Waals surface area contributed by atoms with Crippen LogP contribution in [0.4, 0.5) is 5.69 Å². The third-order valence-corrected chi connectivity index (χ3v) is 7.06. The number of hydrogen-bond acceptors (Lipinski definition) is 5. The van der Waals surface area contributed by atoms with Crippen molar-refractivity contribution in [1.29, 1.82) is 0 Å². The number of nitrogens with one attached hydrogen (secondary N) is 2. The van der Waals surface area contributed by atoms with E-state index in [1.54, 1.807) is 12.1 Å². The van der Waals surface area contributed by atoms with E-state index in [-0.39, 0.29) is 29.9 Å². The van der Waals surface area contributed by atoms with Crippen molar-refractivity contribution in [3.63, 3.8) is 0 Å². The van der Waals surface area contributed by atoms with Crippen LogP contribution >= 0.6 is 0 Å². The van der Waals surface area contributed by atoms with Crippen LogP contribution in [0, 0.1) is 0 Å². The first kappa shape index (κ1) is 20.1. The molecule has 32 heavy (non-hydrogen) atoms. The van der Waals surface area contributed by atoms with Crippen LogP contribution in [0.15, 0.2) is 66.7 Å². The van der Waals surface area contributed by atoms with Gasteiger partial charge in [0.2, 0.25) is 0 Å². The van der Waals surface area contributed by atoms with Gasteiger partial charge in [-0.3, -0.25) is 9.59 Å². The fraction of sp³-hybridized carbons (Fsp3) is 0.130. The predicted octanol–water partition coefficient (Wildman–Crippen LogP) is 2.27. The number of carbonyl (C=O) groups is 2. The van der Waals surface area contributed by atoms with E-state index in [4.69, 9.17) is 0 Å². The van der Waals surface area contributed by atoms with Crippen LogP contribution in [0.2, 0.25) is 0 Å². The average molecular weight is 449 g/mol. The summed E-state index contributed by atoms with van der Waals surface area (Å²) in [6.07, 6.45) is 0.383. The maximum atomic E-state index is 12.9. The van der Waals surface area contributed by atoms with Crippen molar-refractivity contribution in [1.82, 2.24) is 10.0 Å². The number of nitrogens with zero attached hydrogens (tertiary/aromatic N) is 1.